The minimum Gasteiger partial charge on any atom is -0.367 e. The van der Waals surface area contributed by atoms with Crippen molar-refractivity contribution < 1.29 is 4.79 Å². The van der Waals surface area contributed by atoms with E-state index >= 15 is 0 Å². The van der Waals surface area contributed by atoms with Crippen LogP contribution in [0.3, 0.4) is 0 Å². The number of aromatic nitrogens is 1. The summed E-state index contributed by atoms with van der Waals surface area (Å²) in [5.74, 6) is 0.229. The molecular formula is C12H19N3O. The van der Waals surface area contributed by atoms with Gasteiger partial charge in [0.1, 0.15) is 0 Å². The van der Waals surface area contributed by atoms with Gasteiger partial charge in [-0.2, -0.15) is 0 Å². The molecule has 0 radical (unpaired) electrons. The number of nitrogens with one attached hydrogen (secondary N) is 2. The smallest absolute Gasteiger partial charge is 0.165 e. The Labute approximate surface area is 96.0 Å². The van der Waals surface area contributed by atoms with Gasteiger partial charge in [0.05, 0.1) is 0 Å². The molecule has 2 heterocycles. The van der Waals surface area contributed by atoms with E-state index in [2.05, 4.69) is 22.1 Å². The highest BCUT2D eigenvalue weighted by atomic mass is 16.1. The minimum atomic E-state index is 0.229. The van der Waals surface area contributed by atoms with E-state index in [1.54, 1.807) is 12.4 Å². The number of rotatable bonds is 4. The van der Waals surface area contributed by atoms with Crippen molar-refractivity contribution in [1.29, 1.82) is 0 Å². The van der Waals surface area contributed by atoms with Crippen molar-refractivity contribution in [3.63, 3.8) is 0 Å². The monoisotopic (exact) mass is 221 g/mol. The van der Waals surface area contributed by atoms with E-state index in [1.807, 2.05) is 6.07 Å². The van der Waals surface area contributed by atoms with Crippen LogP contribution in [0.2, 0.25) is 0 Å². The van der Waals surface area contributed by atoms with Gasteiger partial charge in [-0.1, -0.05) is 0 Å². The van der Waals surface area contributed by atoms with Gasteiger partial charge in [0.25, 0.3) is 0 Å². The second-order valence-electron chi connectivity index (χ2n) is 4.36. The van der Waals surface area contributed by atoms with Gasteiger partial charge in [0.15, 0.2) is 5.78 Å². The van der Waals surface area contributed by atoms with Crippen molar-refractivity contribution in [2.45, 2.75) is 19.4 Å². The van der Waals surface area contributed by atoms with Gasteiger partial charge in [-0.05, 0) is 13.0 Å². The zero-order valence-corrected chi connectivity index (χ0v) is 9.70. The maximum absolute atomic E-state index is 11.9. The SMILES string of the molecule is CC(CC(=O)c1cc[nH]c1)N1CCNCC1. The standard InChI is InChI=1S/C12H19N3O/c1-10(15-6-4-13-5-7-15)8-12(16)11-2-3-14-9-11/h2-3,9-10,13-14H,4-8H2,1H3. The third-order valence-electron chi connectivity index (χ3n) is 3.18. The molecule has 1 atom stereocenters. The fourth-order valence-corrected chi connectivity index (χ4v) is 2.14. The highest BCUT2D eigenvalue weighted by molar-refractivity contribution is 5.96. The first-order valence-corrected chi connectivity index (χ1v) is 5.88. The van der Waals surface area contributed by atoms with Crippen molar-refractivity contribution in [3.8, 4) is 0 Å². The molecule has 1 aromatic heterocycles. The molecule has 16 heavy (non-hydrogen) atoms. The van der Waals surface area contributed by atoms with Crippen LogP contribution in [0.4, 0.5) is 0 Å². The normalized spacial score (nSPS) is 19.6. The summed E-state index contributed by atoms with van der Waals surface area (Å²) in [5.41, 5.74) is 0.794. The molecule has 1 unspecified atom stereocenters. The summed E-state index contributed by atoms with van der Waals surface area (Å²) in [6, 6.07) is 2.18. The van der Waals surface area contributed by atoms with E-state index < -0.39 is 0 Å². The van der Waals surface area contributed by atoms with Crippen LogP contribution in [0.25, 0.3) is 0 Å². The first-order chi connectivity index (χ1) is 7.77. The van der Waals surface area contributed by atoms with E-state index in [9.17, 15) is 4.79 Å². The van der Waals surface area contributed by atoms with Crippen molar-refractivity contribution in [2.24, 2.45) is 0 Å². The van der Waals surface area contributed by atoms with Crippen LogP contribution in [0, 0.1) is 0 Å². The van der Waals surface area contributed by atoms with Crippen LogP contribution in [-0.2, 0) is 0 Å². The summed E-state index contributed by atoms with van der Waals surface area (Å²) in [6.45, 7) is 6.28. The lowest BCUT2D eigenvalue weighted by molar-refractivity contribution is 0.0918. The molecule has 0 amide bonds. The lowest BCUT2D eigenvalue weighted by Gasteiger charge is -2.32. The third-order valence-corrected chi connectivity index (χ3v) is 3.18. The molecule has 2 rings (SSSR count). The lowest BCUT2D eigenvalue weighted by atomic mass is 10.1. The van der Waals surface area contributed by atoms with Gasteiger partial charge >= 0.3 is 0 Å². The van der Waals surface area contributed by atoms with Gasteiger partial charge in [0, 0.05) is 56.6 Å². The van der Waals surface area contributed by atoms with E-state index in [-0.39, 0.29) is 5.78 Å². The predicted octanol–water partition coefficient (Wildman–Crippen LogP) is 0.881. The van der Waals surface area contributed by atoms with Gasteiger partial charge in [-0.25, -0.2) is 0 Å². The van der Waals surface area contributed by atoms with Crippen LogP contribution in [-0.4, -0.2) is 47.9 Å². The lowest BCUT2D eigenvalue weighted by Crippen LogP contribution is -2.47. The predicted molar refractivity (Wildman–Crippen MR) is 63.6 cm³/mol. The first kappa shape index (κ1) is 11.4. The molecule has 0 aliphatic carbocycles. The summed E-state index contributed by atoms with van der Waals surface area (Å²) < 4.78 is 0. The number of ketones is 1. The molecule has 1 aliphatic rings. The van der Waals surface area contributed by atoms with Crippen LogP contribution in [0.15, 0.2) is 18.5 Å². The number of hydrogen-bond acceptors (Lipinski definition) is 3. The second kappa shape index (κ2) is 5.27. The number of carbonyl (C=O) groups excluding carboxylic acids is 1. The van der Waals surface area contributed by atoms with E-state index in [0.717, 1.165) is 31.7 Å². The molecule has 1 aliphatic heterocycles. The quantitative estimate of drug-likeness (QED) is 0.742. The number of hydrogen-bond donors (Lipinski definition) is 2. The third kappa shape index (κ3) is 2.71. The van der Waals surface area contributed by atoms with Crippen molar-refractivity contribution in [3.05, 3.63) is 24.0 Å². The fourth-order valence-electron chi connectivity index (χ4n) is 2.14. The Bertz CT molecular complexity index is 328. The summed E-state index contributed by atoms with van der Waals surface area (Å²) in [6.07, 6.45) is 4.17. The van der Waals surface area contributed by atoms with Gasteiger partial charge in [-0.15, -0.1) is 0 Å². The molecular weight excluding hydrogens is 202 g/mol. The molecule has 0 saturated carbocycles. The Morgan fingerprint density at radius 1 is 1.50 bits per heavy atom. The summed E-state index contributed by atoms with van der Waals surface area (Å²) >= 11 is 0. The number of carbonyl (C=O) groups is 1. The van der Waals surface area contributed by atoms with Crippen molar-refractivity contribution >= 4 is 5.78 Å². The fraction of sp³-hybridized carbons (Fsp3) is 0.583. The second-order valence-corrected chi connectivity index (χ2v) is 4.36. The molecule has 2 N–H and O–H groups in total. The Morgan fingerprint density at radius 2 is 2.25 bits per heavy atom. The minimum absolute atomic E-state index is 0.229. The zero-order chi connectivity index (χ0) is 11.4. The van der Waals surface area contributed by atoms with Crippen molar-refractivity contribution in [1.82, 2.24) is 15.2 Å². The Balaban J connectivity index is 1.86. The molecule has 4 nitrogen and oxygen atoms in total. The van der Waals surface area contributed by atoms with Crippen LogP contribution in [0.1, 0.15) is 23.7 Å². The number of nitrogens with zero attached hydrogens (tertiary/aromatic N) is 1. The number of piperazine rings is 1. The summed E-state index contributed by atoms with van der Waals surface area (Å²) in [5, 5.41) is 3.32. The molecule has 4 heteroatoms. The molecule has 1 fully saturated rings. The number of aromatic amines is 1. The average molecular weight is 221 g/mol. The highest BCUT2D eigenvalue weighted by Crippen LogP contribution is 2.10. The zero-order valence-electron chi connectivity index (χ0n) is 9.70. The molecule has 1 saturated heterocycles. The molecule has 0 bridgehead atoms. The topological polar surface area (TPSA) is 48.1 Å². The first-order valence-electron chi connectivity index (χ1n) is 5.88. The average Bonchev–Trinajstić information content (AvgIpc) is 2.83. The maximum Gasteiger partial charge on any atom is 0.165 e. The van der Waals surface area contributed by atoms with Crippen LogP contribution >= 0.6 is 0 Å². The molecule has 1 aromatic rings. The summed E-state index contributed by atoms with van der Waals surface area (Å²) in [4.78, 5) is 17.2. The van der Waals surface area contributed by atoms with Gasteiger partial charge in [0.2, 0.25) is 0 Å². The number of Topliss-reactive ketones (excluding diaryl/α,β-unsaturated/α-hetero) is 1. The van der Waals surface area contributed by atoms with Crippen molar-refractivity contribution in [2.75, 3.05) is 26.2 Å². The molecule has 88 valence electrons. The Kier molecular flexibility index (Phi) is 3.74. The molecule has 0 aromatic carbocycles. The van der Waals surface area contributed by atoms with E-state index in [1.165, 1.54) is 0 Å². The Hall–Kier alpha value is -1.13. The van der Waals surface area contributed by atoms with Gasteiger partial charge in [-0.3, -0.25) is 9.69 Å². The maximum atomic E-state index is 11.9. The van der Waals surface area contributed by atoms with Crippen LogP contribution in [0.5, 0.6) is 0 Å². The van der Waals surface area contributed by atoms with Crippen LogP contribution < -0.4 is 5.32 Å². The highest BCUT2D eigenvalue weighted by Gasteiger charge is 2.19. The largest absolute Gasteiger partial charge is 0.367 e. The van der Waals surface area contributed by atoms with E-state index in [4.69, 9.17) is 0 Å². The van der Waals surface area contributed by atoms with Gasteiger partial charge < -0.3 is 10.3 Å². The number of H-pyrrole nitrogens is 1. The summed E-state index contributed by atoms with van der Waals surface area (Å²) in [7, 11) is 0. The van der Waals surface area contributed by atoms with E-state index in [0.29, 0.717) is 12.5 Å². The molecule has 0 spiro atoms. The Morgan fingerprint density at radius 3 is 2.88 bits per heavy atom.